The number of nitriles is 2. The molecule has 1 amide bonds. The van der Waals surface area contributed by atoms with Crippen molar-refractivity contribution >= 4 is 17.3 Å². The zero-order valence-electron chi connectivity index (χ0n) is 11.0. The van der Waals surface area contributed by atoms with Gasteiger partial charge in [-0.1, -0.05) is 0 Å². The third kappa shape index (κ3) is 3.15. The standard InChI is InChI=1S/C15H14N4O/c16-9-12(10-17)11-18-13-4-6-14(7-5-13)19-8-2-1-3-15(19)20/h4-7,11,18H,1-3,8H2. The first kappa shape index (κ1) is 13.6. The molecule has 1 aromatic rings. The summed E-state index contributed by atoms with van der Waals surface area (Å²) in [6.45, 7) is 0.762. The summed E-state index contributed by atoms with van der Waals surface area (Å²) in [4.78, 5) is 13.6. The fourth-order valence-electron chi connectivity index (χ4n) is 2.06. The van der Waals surface area contributed by atoms with Gasteiger partial charge in [-0.3, -0.25) is 4.79 Å². The fraction of sp³-hybridized carbons (Fsp3) is 0.267. The molecule has 1 aromatic carbocycles. The summed E-state index contributed by atoms with van der Waals surface area (Å²) < 4.78 is 0. The molecule has 0 bridgehead atoms. The van der Waals surface area contributed by atoms with Crippen LogP contribution in [0.15, 0.2) is 36.0 Å². The first-order chi connectivity index (χ1) is 9.74. The molecule has 1 N–H and O–H groups in total. The normalized spacial score (nSPS) is 14.1. The Morgan fingerprint density at radius 1 is 1.20 bits per heavy atom. The van der Waals surface area contributed by atoms with Crippen LogP contribution in [0.3, 0.4) is 0 Å². The maximum absolute atomic E-state index is 11.8. The van der Waals surface area contributed by atoms with Gasteiger partial charge in [0.05, 0.1) is 0 Å². The molecule has 0 saturated carbocycles. The number of piperidine rings is 1. The highest BCUT2D eigenvalue weighted by atomic mass is 16.2. The molecule has 20 heavy (non-hydrogen) atoms. The smallest absolute Gasteiger partial charge is 0.226 e. The number of rotatable bonds is 3. The second-order valence-corrected chi connectivity index (χ2v) is 4.48. The van der Waals surface area contributed by atoms with Gasteiger partial charge in [0.2, 0.25) is 5.91 Å². The number of amides is 1. The van der Waals surface area contributed by atoms with Gasteiger partial charge in [0, 0.05) is 30.5 Å². The third-order valence-electron chi connectivity index (χ3n) is 3.13. The van der Waals surface area contributed by atoms with Gasteiger partial charge >= 0.3 is 0 Å². The summed E-state index contributed by atoms with van der Waals surface area (Å²) in [5.74, 6) is 0.160. The molecule has 1 fully saturated rings. The van der Waals surface area contributed by atoms with Crippen LogP contribution in [0.5, 0.6) is 0 Å². The van der Waals surface area contributed by atoms with Crippen LogP contribution in [0.1, 0.15) is 19.3 Å². The Morgan fingerprint density at radius 3 is 2.50 bits per heavy atom. The molecule has 1 saturated heterocycles. The predicted molar refractivity (Wildman–Crippen MR) is 75.6 cm³/mol. The van der Waals surface area contributed by atoms with Gasteiger partial charge in [-0.15, -0.1) is 0 Å². The van der Waals surface area contributed by atoms with Crippen molar-refractivity contribution in [1.82, 2.24) is 0 Å². The molecule has 1 aliphatic heterocycles. The molecular weight excluding hydrogens is 252 g/mol. The topological polar surface area (TPSA) is 79.9 Å². The maximum atomic E-state index is 11.8. The number of hydrogen-bond donors (Lipinski definition) is 1. The molecule has 2 rings (SSSR count). The number of benzene rings is 1. The van der Waals surface area contributed by atoms with E-state index in [4.69, 9.17) is 10.5 Å². The number of hydrogen-bond acceptors (Lipinski definition) is 4. The average molecular weight is 266 g/mol. The summed E-state index contributed by atoms with van der Waals surface area (Å²) in [5, 5.41) is 20.1. The number of nitrogens with one attached hydrogen (secondary N) is 1. The highest BCUT2D eigenvalue weighted by Gasteiger charge is 2.19. The van der Waals surface area contributed by atoms with E-state index in [0.29, 0.717) is 6.42 Å². The largest absolute Gasteiger partial charge is 0.360 e. The van der Waals surface area contributed by atoms with Gasteiger partial charge in [-0.05, 0) is 37.1 Å². The lowest BCUT2D eigenvalue weighted by molar-refractivity contribution is -0.119. The van der Waals surface area contributed by atoms with Gasteiger partial charge in [-0.2, -0.15) is 10.5 Å². The predicted octanol–water partition coefficient (Wildman–Crippen LogP) is 2.55. The van der Waals surface area contributed by atoms with Crippen LogP contribution < -0.4 is 10.2 Å². The van der Waals surface area contributed by atoms with Crippen LogP contribution in [0.4, 0.5) is 11.4 Å². The maximum Gasteiger partial charge on any atom is 0.226 e. The van der Waals surface area contributed by atoms with Crippen LogP contribution in [0.25, 0.3) is 0 Å². The van der Waals surface area contributed by atoms with Crippen molar-refractivity contribution in [3.05, 3.63) is 36.0 Å². The van der Waals surface area contributed by atoms with Gasteiger partial charge < -0.3 is 10.2 Å². The zero-order chi connectivity index (χ0) is 14.4. The zero-order valence-corrected chi connectivity index (χ0v) is 11.0. The number of nitrogens with zero attached hydrogens (tertiary/aromatic N) is 3. The van der Waals surface area contributed by atoms with Crippen molar-refractivity contribution in [2.45, 2.75) is 19.3 Å². The molecule has 100 valence electrons. The minimum absolute atomic E-state index is 0.0142. The molecule has 5 nitrogen and oxygen atoms in total. The van der Waals surface area contributed by atoms with Crippen LogP contribution in [-0.4, -0.2) is 12.5 Å². The van der Waals surface area contributed by atoms with E-state index in [9.17, 15) is 4.79 Å². The molecule has 0 radical (unpaired) electrons. The van der Waals surface area contributed by atoms with Crippen molar-refractivity contribution in [3.63, 3.8) is 0 Å². The van der Waals surface area contributed by atoms with E-state index >= 15 is 0 Å². The first-order valence-electron chi connectivity index (χ1n) is 6.42. The molecule has 0 unspecified atom stereocenters. The van der Waals surface area contributed by atoms with E-state index in [0.717, 1.165) is 30.8 Å². The number of anilines is 2. The summed E-state index contributed by atoms with van der Waals surface area (Å²) in [6.07, 6.45) is 3.96. The Morgan fingerprint density at radius 2 is 1.90 bits per heavy atom. The minimum atomic E-state index is 0.0142. The number of carbonyl (C=O) groups excluding carboxylic acids is 1. The molecule has 5 heteroatoms. The lowest BCUT2D eigenvalue weighted by Gasteiger charge is -2.26. The Bertz CT molecular complexity index is 588. The summed E-state index contributed by atoms with van der Waals surface area (Å²) >= 11 is 0. The number of carbonyl (C=O) groups is 1. The van der Waals surface area contributed by atoms with Crippen molar-refractivity contribution in [2.24, 2.45) is 0 Å². The molecule has 0 aliphatic carbocycles. The summed E-state index contributed by atoms with van der Waals surface area (Å²) in [6, 6.07) is 10.9. The van der Waals surface area contributed by atoms with E-state index < -0.39 is 0 Å². The van der Waals surface area contributed by atoms with E-state index in [1.807, 2.05) is 24.3 Å². The quantitative estimate of drug-likeness (QED) is 0.852. The summed E-state index contributed by atoms with van der Waals surface area (Å²) in [5.41, 5.74) is 1.66. The van der Waals surface area contributed by atoms with E-state index in [-0.39, 0.29) is 11.5 Å². The van der Waals surface area contributed by atoms with Gasteiger partial charge in [0.1, 0.15) is 17.7 Å². The van der Waals surface area contributed by atoms with E-state index in [2.05, 4.69) is 5.32 Å². The lowest BCUT2D eigenvalue weighted by atomic mass is 10.1. The molecule has 1 heterocycles. The van der Waals surface area contributed by atoms with Crippen molar-refractivity contribution in [1.29, 1.82) is 10.5 Å². The van der Waals surface area contributed by atoms with Crippen LogP contribution in [-0.2, 0) is 4.79 Å². The lowest BCUT2D eigenvalue weighted by Crippen LogP contribution is -2.35. The minimum Gasteiger partial charge on any atom is -0.360 e. The Balaban J connectivity index is 2.07. The van der Waals surface area contributed by atoms with Crippen molar-refractivity contribution in [2.75, 3.05) is 16.8 Å². The molecule has 1 aliphatic rings. The highest BCUT2D eigenvalue weighted by Crippen LogP contribution is 2.22. The monoisotopic (exact) mass is 266 g/mol. The van der Waals surface area contributed by atoms with Crippen LogP contribution >= 0.6 is 0 Å². The Kier molecular flexibility index (Phi) is 4.36. The molecular formula is C15H14N4O. The van der Waals surface area contributed by atoms with Crippen molar-refractivity contribution < 1.29 is 4.79 Å². The van der Waals surface area contributed by atoms with Crippen molar-refractivity contribution in [3.8, 4) is 12.1 Å². The summed E-state index contributed by atoms with van der Waals surface area (Å²) in [7, 11) is 0. The van der Waals surface area contributed by atoms with Crippen LogP contribution in [0.2, 0.25) is 0 Å². The number of allylic oxidation sites excluding steroid dienone is 1. The Hall–Kier alpha value is -2.79. The average Bonchev–Trinajstić information content (AvgIpc) is 2.49. The van der Waals surface area contributed by atoms with Crippen LogP contribution in [0, 0.1) is 22.7 Å². The van der Waals surface area contributed by atoms with E-state index in [1.165, 1.54) is 6.20 Å². The molecule has 0 aromatic heterocycles. The second-order valence-electron chi connectivity index (χ2n) is 4.48. The Labute approximate surface area is 117 Å². The van der Waals surface area contributed by atoms with Gasteiger partial charge in [-0.25, -0.2) is 0 Å². The van der Waals surface area contributed by atoms with Gasteiger partial charge in [0.15, 0.2) is 0 Å². The van der Waals surface area contributed by atoms with Gasteiger partial charge in [0.25, 0.3) is 0 Å². The highest BCUT2D eigenvalue weighted by molar-refractivity contribution is 5.94. The molecule has 0 spiro atoms. The second kappa shape index (κ2) is 6.40. The third-order valence-corrected chi connectivity index (χ3v) is 3.13. The SMILES string of the molecule is N#CC(C#N)=CNc1ccc(N2CCCCC2=O)cc1. The fourth-order valence-corrected chi connectivity index (χ4v) is 2.06. The first-order valence-corrected chi connectivity index (χ1v) is 6.42. The van der Waals surface area contributed by atoms with E-state index in [1.54, 1.807) is 17.0 Å². The molecule has 0 atom stereocenters.